The quantitative estimate of drug-likeness (QED) is 0.875. The van der Waals surface area contributed by atoms with Crippen molar-refractivity contribution in [3.8, 4) is 0 Å². The average molecular weight is 341 g/mol. The van der Waals surface area contributed by atoms with E-state index in [9.17, 15) is 9.59 Å². The first-order chi connectivity index (χ1) is 10.4. The van der Waals surface area contributed by atoms with Gasteiger partial charge >= 0.3 is 0 Å². The van der Waals surface area contributed by atoms with Gasteiger partial charge in [-0.1, -0.05) is 29.3 Å². The van der Waals surface area contributed by atoms with Crippen molar-refractivity contribution >= 4 is 40.7 Å². The highest BCUT2D eigenvalue weighted by atomic mass is 35.5. The van der Waals surface area contributed by atoms with Crippen molar-refractivity contribution in [2.24, 2.45) is 5.73 Å². The van der Waals surface area contributed by atoms with Crippen molar-refractivity contribution < 1.29 is 9.59 Å². The number of nitrogens with two attached hydrogens (primary N) is 1. The molecular formula is C14H14Cl2N4O2. The number of rotatable bonds is 5. The summed E-state index contributed by atoms with van der Waals surface area (Å²) in [6.07, 6.45) is 2.95. The summed E-state index contributed by atoms with van der Waals surface area (Å²) in [4.78, 5) is 23.1. The Balaban J connectivity index is 2.11. The molecule has 1 atom stereocenters. The SMILES string of the molecule is C[C@@H](C(=O)Nc1cnn(CC(N)=O)c1)c1c(Cl)cccc1Cl. The predicted molar refractivity (Wildman–Crippen MR) is 84.9 cm³/mol. The smallest absolute Gasteiger partial charge is 0.239 e. The van der Waals surface area contributed by atoms with Gasteiger partial charge in [-0.2, -0.15) is 5.10 Å². The molecule has 2 rings (SSSR count). The average Bonchev–Trinajstić information content (AvgIpc) is 2.84. The Kier molecular flexibility index (Phi) is 5.05. The van der Waals surface area contributed by atoms with Crippen molar-refractivity contribution in [2.45, 2.75) is 19.4 Å². The molecule has 22 heavy (non-hydrogen) atoms. The molecule has 0 radical (unpaired) electrons. The summed E-state index contributed by atoms with van der Waals surface area (Å²) >= 11 is 12.2. The van der Waals surface area contributed by atoms with Crippen LogP contribution in [0.3, 0.4) is 0 Å². The summed E-state index contributed by atoms with van der Waals surface area (Å²) < 4.78 is 1.34. The minimum absolute atomic E-state index is 0.0538. The van der Waals surface area contributed by atoms with Gasteiger partial charge in [-0.05, 0) is 19.1 Å². The summed E-state index contributed by atoms with van der Waals surface area (Å²) in [5.41, 5.74) is 6.10. The number of carbonyl (C=O) groups excluding carboxylic acids is 2. The van der Waals surface area contributed by atoms with Crippen LogP contribution in [0.2, 0.25) is 10.0 Å². The molecule has 0 fully saturated rings. The molecule has 3 N–H and O–H groups in total. The lowest BCUT2D eigenvalue weighted by atomic mass is 10.00. The first kappa shape index (κ1) is 16.3. The normalized spacial score (nSPS) is 12.0. The fourth-order valence-corrected chi connectivity index (χ4v) is 2.71. The first-order valence-electron chi connectivity index (χ1n) is 6.44. The number of aromatic nitrogens is 2. The lowest BCUT2D eigenvalue weighted by molar-refractivity contribution is -0.119. The van der Waals surface area contributed by atoms with Crippen molar-refractivity contribution in [1.82, 2.24) is 9.78 Å². The second-order valence-corrected chi connectivity index (χ2v) is 5.55. The van der Waals surface area contributed by atoms with Gasteiger partial charge in [0.2, 0.25) is 11.8 Å². The second kappa shape index (κ2) is 6.81. The lowest BCUT2D eigenvalue weighted by Crippen LogP contribution is -2.20. The number of anilines is 1. The highest BCUT2D eigenvalue weighted by Gasteiger charge is 2.21. The van der Waals surface area contributed by atoms with Gasteiger partial charge in [-0.3, -0.25) is 14.3 Å². The van der Waals surface area contributed by atoms with Crippen LogP contribution in [-0.4, -0.2) is 21.6 Å². The van der Waals surface area contributed by atoms with E-state index in [0.717, 1.165) is 0 Å². The molecule has 2 amide bonds. The van der Waals surface area contributed by atoms with E-state index in [-0.39, 0.29) is 12.5 Å². The third-order valence-electron chi connectivity index (χ3n) is 3.04. The molecule has 0 aliphatic heterocycles. The minimum atomic E-state index is -0.541. The number of benzene rings is 1. The Labute approximate surface area is 137 Å². The van der Waals surface area contributed by atoms with Gasteiger partial charge in [-0.25, -0.2) is 0 Å². The summed E-state index contributed by atoms with van der Waals surface area (Å²) in [6, 6.07) is 5.07. The fraction of sp³-hybridized carbons (Fsp3) is 0.214. The van der Waals surface area contributed by atoms with E-state index in [0.29, 0.717) is 21.3 Å². The first-order valence-corrected chi connectivity index (χ1v) is 7.19. The molecule has 0 saturated carbocycles. The molecule has 0 bridgehead atoms. The van der Waals surface area contributed by atoms with E-state index in [1.807, 2.05) is 0 Å². The molecule has 1 aromatic carbocycles. The Morgan fingerprint density at radius 3 is 2.59 bits per heavy atom. The maximum absolute atomic E-state index is 12.3. The summed E-state index contributed by atoms with van der Waals surface area (Å²) in [5.74, 6) is -1.34. The van der Waals surface area contributed by atoms with Gasteiger partial charge in [0.25, 0.3) is 0 Å². The highest BCUT2D eigenvalue weighted by Crippen LogP contribution is 2.32. The molecule has 0 aliphatic carbocycles. The molecular weight excluding hydrogens is 327 g/mol. The Hall–Kier alpha value is -2.05. The van der Waals surface area contributed by atoms with Crippen LogP contribution >= 0.6 is 23.2 Å². The van der Waals surface area contributed by atoms with Gasteiger partial charge in [-0.15, -0.1) is 0 Å². The second-order valence-electron chi connectivity index (χ2n) is 4.74. The van der Waals surface area contributed by atoms with E-state index in [4.69, 9.17) is 28.9 Å². The zero-order valence-electron chi connectivity index (χ0n) is 11.7. The van der Waals surface area contributed by atoms with Gasteiger partial charge in [0, 0.05) is 21.8 Å². The number of hydrogen-bond acceptors (Lipinski definition) is 3. The summed E-state index contributed by atoms with van der Waals surface area (Å²) in [5, 5.41) is 7.48. The zero-order valence-corrected chi connectivity index (χ0v) is 13.2. The molecule has 8 heteroatoms. The van der Waals surface area contributed by atoms with Crippen LogP contribution in [-0.2, 0) is 16.1 Å². The van der Waals surface area contributed by atoms with Crippen molar-refractivity contribution in [2.75, 3.05) is 5.32 Å². The van der Waals surface area contributed by atoms with Gasteiger partial charge in [0.15, 0.2) is 0 Å². The molecule has 6 nitrogen and oxygen atoms in total. The van der Waals surface area contributed by atoms with E-state index in [1.54, 1.807) is 25.1 Å². The number of nitrogens with one attached hydrogen (secondary N) is 1. The van der Waals surface area contributed by atoms with Crippen LogP contribution in [0, 0.1) is 0 Å². The van der Waals surface area contributed by atoms with Gasteiger partial charge in [0.1, 0.15) is 6.54 Å². The van der Waals surface area contributed by atoms with Crippen molar-refractivity contribution in [3.63, 3.8) is 0 Å². The lowest BCUT2D eigenvalue weighted by Gasteiger charge is -2.14. The summed E-state index contributed by atoms with van der Waals surface area (Å²) in [6.45, 7) is 1.65. The van der Waals surface area contributed by atoms with Crippen LogP contribution in [0.15, 0.2) is 30.6 Å². The standard InChI is InChI=1S/C14H14Cl2N4O2/c1-8(13-10(15)3-2-4-11(13)16)14(22)19-9-5-18-20(6-9)7-12(17)21/h2-6,8H,7H2,1H3,(H2,17,21)(H,19,22)/t8-/m1/s1. The van der Waals surface area contributed by atoms with E-state index >= 15 is 0 Å². The zero-order chi connectivity index (χ0) is 16.3. The summed E-state index contributed by atoms with van der Waals surface area (Å²) in [7, 11) is 0. The maximum atomic E-state index is 12.3. The Morgan fingerprint density at radius 2 is 2.00 bits per heavy atom. The van der Waals surface area contributed by atoms with Crippen LogP contribution in [0.25, 0.3) is 0 Å². The highest BCUT2D eigenvalue weighted by molar-refractivity contribution is 6.36. The monoisotopic (exact) mass is 340 g/mol. The number of carbonyl (C=O) groups is 2. The minimum Gasteiger partial charge on any atom is -0.368 e. The third kappa shape index (κ3) is 3.78. The maximum Gasteiger partial charge on any atom is 0.239 e. The third-order valence-corrected chi connectivity index (χ3v) is 3.70. The van der Waals surface area contributed by atoms with E-state index in [2.05, 4.69) is 10.4 Å². The number of hydrogen-bond donors (Lipinski definition) is 2. The van der Waals surface area contributed by atoms with Crippen molar-refractivity contribution in [3.05, 3.63) is 46.2 Å². The van der Waals surface area contributed by atoms with Gasteiger partial charge in [0.05, 0.1) is 17.8 Å². The molecule has 1 aromatic heterocycles. The van der Waals surface area contributed by atoms with Crippen LogP contribution in [0.1, 0.15) is 18.4 Å². The van der Waals surface area contributed by atoms with E-state index in [1.165, 1.54) is 17.1 Å². The largest absolute Gasteiger partial charge is 0.368 e. The van der Waals surface area contributed by atoms with Crippen LogP contribution < -0.4 is 11.1 Å². The number of primary amides is 1. The van der Waals surface area contributed by atoms with E-state index < -0.39 is 11.8 Å². The van der Waals surface area contributed by atoms with Crippen LogP contribution in [0.5, 0.6) is 0 Å². The molecule has 0 saturated heterocycles. The predicted octanol–water partition coefficient (Wildman–Crippen LogP) is 2.42. The number of nitrogens with zero attached hydrogens (tertiary/aromatic N) is 2. The molecule has 0 aliphatic rings. The molecule has 2 aromatic rings. The molecule has 0 unspecified atom stereocenters. The molecule has 116 valence electrons. The Bertz CT molecular complexity index is 694. The topological polar surface area (TPSA) is 90.0 Å². The molecule has 1 heterocycles. The van der Waals surface area contributed by atoms with Crippen molar-refractivity contribution in [1.29, 1.82) is 0 Å². The van der Waals surface area contributed by atoms with Crippen LogP contribution in [0.4, 0.5) is 5.69 Å². The van der Waals surface area contributed by atoms with Gasteiger partial charge < -0.3 is 11.1 Å². The number of halogens is 2. The fourth-order valence-electron chi connectivity index (χ4n) is 1.98. The number of amides is 2. The Morgan fingerprint density at radius 1 is 1.36 bits per heavy atom. The molecule has 0 spiro atoms.